The molecule has 2 heterocycles. The highest BCUT2D eigenvalue weighted by molar-refractivity contribution is 7.13. The molecule has 3 rings (SSSR count). The van der Waals surface area contributed by atoms with Gasteiger partial charge in [0.15, 0.2) is 11.5 Å². The number of methoxy groups -OCH3 is 2. The quantitative estimate of drug-likeness (QED) is 0.751. The third kappa shape index (κ3) is 3.04. The van der Waals surface area contributed by atoms with Crippen molar-refractivity contribution in [3.8, 4) is 22.3 Å². The molecule has 0 aliphatic rings. The van der Waals surface area contributed by atoms with E-state index in [0.29, 0.717) is 29.9 Å². The van der Waals surface area contributed by atoms with E-state index < -0.39 is 0 Å². The lowest BCUT2D eigenvalue weighted by Gasteiger charge is -2.09. The second-order valence-electron chi connectivity index (χ2n) is 4.43. The van der Waals surface area contributed by atoms with E-state index in [1.807, 2.05) is 35.7 Å². The second kappa shape index (κ2) is 6.48. The molecule has 0 saturated heterocycles. The molecule has 0 atom stereocenters. The van der Waals surface area contributed by atoms with Crippen LogP contribution in [0.4, 0.5) is 6.01 Å². The number of thiophene rings is 1. The van der Waals surface area contributed by atoms with Gasteiger partial charge in [0.05, 0.1) is 19.1 Å². The summed E-state index contributed by atoms with van der Waals surface area (Å²) in [7, 11) is 3.22. The third-order valence-electron chi connectivity index (χ3n) is 3.05. The van der Waals surface area contributed by atoms with Crippen molar-refractivity contribution >= 4 is 17.4 Å². The predicted octanol–water partition coefficient (Wildman–Crippen LogP) is 3.43. The molecule has 1 aromatic carbocycles. The summed E-state index contributed by atoms with van der Waals surface area (Å²) in [5.74, 6) is 1.90. The minimum Gasteiger partial charge on any atom is -0.493 e. The summed E-state index contributed by atoms with van der Waals surface area (Å²) in [5, 5.41) is 13.1. The number of hydrogen-bond donors (Lipinski definition) is 1. The van der Waals surface area contributed by atoms with Crippen molar-refractivity contribution in [1.29, 1.82) is 0 Å². The molecule has 114 valence electrons. The third-order valence-corrected chi connectivity index (χ3v) is 3.91. The van der Waals surface area contributed by atoms with Crippen LogP contribution in [0.5, 0.6) is 11.5 Å². The van der Waals surface area contributed by atoms with Crippen LogP contribution >= 0.6 is 11.3 Å². The molecular weight excluding hydrogens is 302 g/mol. The molecule has 0 bridgehead atoms. The van der Waals surface area contributed by atoms with Gasteiger partial charge in [0.1, 0.15) is 0 Å². The number of anilines is 1. The van der Waals surface area contributed by atoms with E-state index in [-0.39, 0.29) is 0 Å². The van der Waals surface area contributed by atoms with Gasteiger partial charge < -0.3 is 19.2 Å². The normalized spacial score (nSPS) is 10.5. The van der Waals surface area contributed by atoms with Crippen molar-refractivity contribution in [1.82, 2.24) is 10.2 Å². The summed E-state index contributed by atoms with van der Waals surface area (Å²) in [4.78, 5) is 0.951. The summed E-state index contributed by atoms with van der Waals surface area (Å²) < 4.78 is 16.1. The van der Waals surface area contributed by atoms with E-state index in [0.717, 1.165) is 10.4 Å². The van der Waals surface area contributed by atoms with Crippen molar-refractivity contribution in [3.63, 3.8) is 0 Å². The second-order valence-corrected chi connectivity index (χ2v) is 5.38. The van der Waals surface area contributed by atoms with Gasteiger partial charge in [0.25, 0.3) is 5.89 Å². The molecule has 0 unspecified atom stereocenters. The Kier molecular flexibility index (Phi) is 4.24. The van der Waals surface area contributed by atoms with Crippen molar-refractivity contribution in [2.45, 2.75) is 6.54 Å². The van der Waals surface area contributed by atoms with Crippen LogP contribution in [0.2, 0.25) is 0 Å². The van der Waals surface area contributed by atoms with Gasteiger partial charge in [0.2, 0.25) is 0 Å². The molecule has 0 aliphatic heterocycles. The van der Waals surface area contributed by atoms with Crippen molar-refractivity contribution in [2.75, 3.05) is 19.5 Å². The fraction of sp³-hybridized carbons (Fsp3) is 0.200. The summed E-state index contributed by atoms with van der Waals surface area (Å²) in [6, 6.07) is 9.99. The summed E-state index contributed by atoms with van der Waals surface area (Å²) in [6.45, 7) is 0.548. The predicted molar refractivity (Wildman–Crippen MR) is 84.5 cm³/mol. The van der Waals surface area contributed by atoms with Crippen LogP contribution in [0, 0.1) is 0 Å². The summed E-state index contributed by atoms with van der Waals surface area (Å²) in [6.07, 6.45) is 0. The van der Waals surface area contributed by atoms with E-state index in [2.05, 4.69) is 15.5 Å². The Hall–Kier alpha value is -2.54. The molecule has 0 fully saturated rings. The lowest BCUT2D eigenvalue weighted by molar-refractivity contribution is 0.354. The lowest BCUT2D eigenvalue weighted by Crippen LogP contribution is -2.00. The Labute approximate surface area is 131 Å². The number of ether oxygens (including phenoxy) is 2. The maximum absolute atomic E-state index is 5.57. The first-order chi connectivity index (χ1) is 10.8. The van der Waals surface area contributed by atoms with Crippen LogP contribution in [0.15, 0.2) is 40.1 Å². The van der Waals surface area contributed by atoms with Crippen LogP contribution < -0.4 is 14.8 Å². The van der Waals surface area contributed by atoms with E-state index >= 15 is 0 Å². The van der Waals surface area contributed by atoms with E-state index in [1.165, 1.54) is 0 Å². The molecule has 0 saturated carbocycles. The number of nitrogens with zero attached hydrogens (tertiary/aromatic N) is 2. The molecule has 7 heteroatoms. The highest BCUT2D eigenvalue weighted by atomic mass is 32.1. The van der Waals surface area contributed by atoms with E-state index in [4.69, 9.17) is 13.9 Å². The summed E-state index contributed by atoms with van der Waals surface area (Å²) >= 11 is 1.56. The number of rotatable bonds is 6. The SMILES string of the molecule is COc1ccc(CNc2nnc(-c3cccs3)o2)cc1OC. The zero-order valence-electron chi connectivity index (χ0n) is 12.2. The van der Waals surface area contributed by atoms with Gasteiger partial charge in [-0.25, -0.2) is 0 Å². The topological polar surface area (TPSA) is 69.4 Å². The Morgan fingerprint density at radius 3 is 2.73 bits per heavy atom. The molecule has 3 aromatic rings. The number of aromatic nitrogens is 2. The Morgan fingerprint density at radius 2 is 2.00 bits per heavy atom. The molecule has 6 nitrogen and oxygen atoms in total. The Morgan fingerprint density at radius 1 is 1.14 bits per heavy atom. The molecule has 1 N–H and O–H groups in total. The molecule has 2 aromatic heterocycles. The maximum Gasteiger partial charge on any atom is 0.316 e. The molecular formula is C15H15N3O3S. The van der Waals surface area contributed by atoms with Crippen LogP contribution in [0.25, 0.3) is 10.8 Å². The van der Waals surface area contributed by atoms with Crippen LogP contribution in [-0.2, 0) is 6.54 Å². The van der Waals surface area contributed by atoms with Gasteiger partial charge >= 0.3 is 6.01 Å². The van der Waals surface area contributed by atoms with Crippen LogP contribution in [0.3, 0.4) is 0 Å². The number of hydrogen-bond acceptors (Lipinski definition) is 7. The fourth-order valence-electron chi connectivity index (χ4n) is 1.96. The lowest BCUT2D eigenvalue weighted by atomic mass is 10.2. The van der Waals surface area contributed by atoms with Gasteiger partial charge in [-0.15, -0.1) is 16.4 Å². The summed E-state index contributed by atoms with van der Waals surface area (Å²) in [5.41, 5.74) is 1.02. The number of benzene rings is 1. The van der Waals surface area contributed by atoms with E-state index in [1.54, 1.807) is 25.6 Å². The van der Waals surface area contributed by atoms with Crippen molar-refractivity contribution in [2.24, 2.45) is 0 Å². The fourth-order valence-corrected chi connectivity index (χ4v) is 2.61. The first-order valence-corrected chi connectivity index (χ1v) is 7.50. The molecule has 0 radical (unpaired) electrons. The van der Waals surface area contributed by atoms with Crippen LogP contribution in [-0.4, -0.2) is 24.4 Å². The zero-order valence-corrected chi connectivity index (χ0v) is 13.0. The highest BCUT2D eigenvalue weighted by Gasteiger charge is 2.09. The first-order valence-electron chi connectivity index (χ1n) is 6.62. The molecule has 0 amide bonds. The monoisotopic (exact) mass is 317 g/mol. The maximum atomic E-state index is 5.57. The van der Waals surface area contributed by atoms with Gasteiger partial charge in [-0.2, -0.15) is 0 Å². The number of nitrogens with one attached hydrogen (secondary N) is 1. The van der Waals surface area contributed by atoms with Crippen molar-refractivity contribution < 1.29 is 13.9 Å². The first kappa shape index (κ1) is 14.4. The molecule has 0 spiro atoms. The highest BCUT2D eigenvalue weighted by Crippen LogP contribution is 2.28. The Bertz CT molecular complexity index is 740. The van der Waals surface area contributed by atoms with Gasteiger partial charge in [-0.3, -0.25) is 0 Å². The zero-order chi connectivity index (χ0) is 15.4. The molecule has 0 aliphatic carbocycles. The minimum atomic E-state index is 0.387. The van der Waals surface area contributed by atoms with Gasteiger partial charge in [-0.1, -0.05) is 17.2 Å². The Balaban J connectivity index is 1.68. The molecule has 22 heavy (non-hydrogen) atoms. The largest absolute Gasteiger partial charge is 0.493 e. The van der Waals surface area contributed by atoms with Crippen molar-refractivity contribution in [3.05, 3.63) is 41.3 Å². The van der Waals surface area contributed by atoms with E-state index in [9.17, 15) is 0 Å². The average molecular weight is 317 g/mol. The van der Waals surface area contributed by atoms with Gasteiger partial charge in [-0.05, 0) is 29.1 Å². The smallest absolute Gasteiger partial charge is 0.316 e. The average Bonchev–Trinajstić information content (AvgIpc) is 3.23. The minimum absolute atomic E-state index is 0.387. The van der Waals surface area contributed by atoms with Crippen LogP contribution in [0.1, 0.15) is 5.56 Å². The van der Waals surface area contributed by atoms with Gasteiger partial charge in [0, 0.05) is 6.54 Å². The standard InChI is InChI=1S/C15H15N3O3S/c1-19-11-6-5-10(8-12(11)20-2)9-16-15-18-17-14(21-15)13-4-3-7-22-13/h3-8H,9H2,1-2H3,(H,16,18).